The third-order valence-corrected chi connectivity index (χ3v) is 3.54. The first-order valence-corrected chi connectivity index (χ1v) is 6.47. The summed E-state index contributed by atoms with van der Waals surface area (Å²) < 4.78 is 13.0. The van der Waals surface area contributed by atoms with Crippen LogP contribution in [0.3, 0.4) is 0 Å². The Kier molecular flexibility index (Phi) is 2.55. The number of aromatic nitrogens is 1. The summed E-state index contributed by atoms with van der Waals surface area (Å²) in [7, 11) is 0. The molecule has 0 saturated heterocycles. The molecule has 5 heteroatoms. The second-order valence-corrected chi connectivity index (χ2v) is 4.88. The van der Waals surface area contributed by atoms with E-state index in [2.05, 4.69) is 4.98 Å². The number of fused-ring (bicyclic) bond motifs is 3. The van der Waals surface area contributed by atoms with Crippen LogP contribution in [0.2, 0.25) is 0 Å². The van der Waals surface area contributed by atoms with Gasteiger partial charge in [0.2, 0.25) is 0 Å². The van der Waals surface area contributed by atoms with E-state index >= 15 is 0 Å². The van der Waals surface area contributed by atoms with Gasteiger partial charge in [0.1, 0.15) is 12.4 Å². The minimum Gasteiger partial charge on any atom is -0.354 e. The van der Waals surface area contributed by atoms with E-state index in [0.29, 0.717) is 29.0 Å². The predicted octanol–water partition coefficient (Wildman–Crippen LogP) is 3.16. The van der Waals surface area contributed by atoms with E-state index in [1.807, 2.05) is 12.1 Å². The van der Waals surface area contributed by atoms with Crippen molar-refractivity contribution in [3.8, 4) is 17.0 Å². The second-order valence-electron chi connectivity index (χ2n) is 4.88. The predicted molar refractivity (Wildman–Crippen MR) is 75.4 cm³/mol. The zero-order valence-electron chi connectivity index (χ0n) is 10.9. The molecule has 1 aliphatic heterocycles. The highest BCUT2D eigenvalue weighted by Crippen LogP contribution is 2.32. The van der Waals surface area contributed by atoms with Crippen molar-refractivity contribution in [1.82, 2.24) is 4.98 Å². The molecule has 1 N–H and O–H groups in total. The van der Waals surface area contributed by atoms with Crippen LogP contribution in [0.5, 0.6) is 5.75 Å². The lowest BCUT2D eigenvalue weighted by molar-refractivity contribution is -0.193. The number of rotatable bonds is 1. The van der Waals surface area contributed by atoms with Gasteiger partial charge in [-0.15, -0.1) is 0 Å². The topological polar surface area (TPSA) is 51.3 Å². The van der Waals surface area contributed by atoms with Crippen molar-refractivity contribution < 1.29 is 14.2 Å². The van der Waals surface area contributed by atoms with Crippen LogP contribution in [0.25, 0.3) is 22.2 Å². The van der Waals surface area contributed by atoms with Gasteiger partial charge < -0.3 is 9.87 Å². The third-order valence-electron chi connectivity index (χ3n) is 3.54. The summed E-state index contributed by atoms with van der Waals surface area (Å²) in [5, 5.41) is 0.468. The molecule has 4 nitrogen and oxygen atoms in total. The van der Waals surface area contributed by atoms with E-state index in [4.69, 9.17) is 9.78 Å². The van der Waals surface area contributed by atoms with Gasteiger partial charge in [-0.05, 0) is 35.9 Å². The van der Waals surface area contributed by atoms with E-state index in [1.54, 1.807) is 12.1 Å². The van der Waals surface area contributed by atoms with Gasteiger partial charge >= 0.3 is 0 Å². The highest BCUT2D eigenvalue weighted by molar-refractivity contribution is 5.88. The van der Waals surface area contributed by atoms with Crippen molar-refractivity contribution >= 4 is 10.9 Å². The number of nitrogens with one attached hydrogen (secondary N) is 1. The van der Waals surface area contributed by atoms with Crippen molar-refractivity contribution in [1.29, 1.82) is 0 Å². The van der Waals surface area contributed by atoms with Gasteiger partial charge in [0.05, 0.1) is 10.9 Å². The number of halogens is 1. The minimum absolute atomic E-state index is 0.162. The molecule has 21 heavy (non-hydrogen) atoms. The molecule has 3 aromatic rings. The summed E-state index contributed by atoms with van der Waals surface area (Å²) in [6.07, 6.45) is 0. The highest BCUT2D eigenvalue weighted by atomic mass is 19.1. The normalized spacial score (nSPS) is 13.2. The Hall–Kier alpha value is -2.66. The molecule has 0 saturated carbocycles. The van der Waals surface area contributed by atoms with Crippen LogP contribution in [-0.2, 0) is 11.5 Å². The number of pyridine rings is 1. The van der Waals surface area contributed by atoms with Crippen LogP contribution in [0, 0.1) is 5.82 Å². The van der Waals surface area contributed by atoms with Gasteiger partial charge in [-0.25, -0.2) is 4.39 Å². The van der Waals surface area contributed by atoms with Crippen molar-refractivity contribution in [2.45, 2.75) is 6.61 Å². The molecule has 0 fully saturated rings. The summed E-state index contributed by atoms with van der Waals surface area (Å²) in [5.41, 5.74) is 2.72. The smallest absolute Gasteiger partial charge is 0.193 e. The van der Waals surface area contributed by atoms with Crippen LogP contribution < -0.4 is 10.3 Å². The van der Waals surface area contributed by atoms with Crippen molar-refractivity contribution in [2.75, 3.05) is 0 Å². The second kappa shape index (κ2) is 4.43. The fourth-order valence-electron chi connectivity index (χ4n) is 2.50. The fourth-order valence-corrected chi connectivity index (χ4v) is 2.50. The number of benzene rings is 2. The molecule has 1 aliphatic rings. The van der Waals surface area contributed by atoms with E-state index in [0.717, 1.165) is 11.1 Å². The van der Waals surface area contributed by atoms with Crippen molar-refractivity contribution in [3.63, 3.8) is 0 Å². The van der Waals surface area contributed by atoms with Crippen LogP contribution >= 0.6 is 0 Å². The van der Waals surface area contributed by atoms with Crippen LogP contribution in [-0.4, -0.2) is 4.98 Å². The van der Waals surface area contributed by atoms with Gasteiger partial charge in [-0.3, -0.25) is 4.79 Å². The molecule has 0 spiro atoms. The Morgan fingerprint density at radius 1 is 1.10 bits per heavy atom. The van der Waals surface area contributed by atoms with Gasteiger partial charge in [0.15, 0.2) is 11.2 Å². The summed E-state index contributed by atoms with van der Waals surface area (Å²) in [5.74, 6) is 0.157. The Morgan fingerprint density at radius 2 is 1.90 bits per heavy atom. The maximum Gasteiger partial charge on any atom is 0.193 e. The maximum atomic E-state index is 13.0. The van der Waals surface area contributed by atoms with Gasteiger partial charge in [0.25, 0.3) is 0 Å². The molecule has 0 bridgehead atoms. The highest BCUT2D eigenvalue weighted by Gasteiger charge is 2.19. The number of H-pyrrole nitrogens is 1. The largest absolute Gasteiger partial charge is 0.354 e. The summed E-state index contributed by atoms with van der Waals surface area (Å²) in [6.45, 7) is 0.338. The van der Waals surface area contributed by atoms with Crippen LogP contribution in [0.15, 0.2) is 47.3 Å². The lowest BCUT2D eigenvalue weighted by Gasteiger charge is -2.06. The first-order chi connectivity index (χ1) is 10.2. The zero-order chi connectivity index (χ0) is 14.4. The standard InChI is InChI=1S/C16H10FNO3/c17-11-4-1-9(2-5-11)13-7-14(19)15-12(18-13)6-3-10-8-20-21-16(10)15/h1-7H,8H2,(H,18,19). The SMILES string of the molecule is O=c1cc(-c2ccc(F)cc2)[nH]c2ccc3c(c12)OOC3. The summed E-state index contributed by atoms with van der Waals surface area (Å²) in [4.78, 5) is 25.5. The quantitative estimate of drug-likeness (QED) is 0.698. The van der Waals surface area contributed by atoms with Gasteiger partial charge in [0, 0.05) is 17.3 Å². The Balaban J connectivity index is 1.96. The van der Waals surface area contributed by atoms with Crippen molar-refractivity contribution in [3.05, 3.63) is 64.1 Å². The molecule has 2 heterocycles. The Labute approximate surface area is 118 Å². The molecule has 104 valence electrons. The molecule has 0 radical (unpaired) electrons. The lowest BCUT2D eigenvalue weighted by Crippen LogP contribution is -2.04. The molecule has 0 unspecified atom stereocenters. The number of hydrogen-bond donors (Lipinski definition) is 1. The molecular formula is C16H10FNO3. The van der Waals surface area contributed by atoms with E-state index < -0.39 is 0 Å². The molecule has 4 rings (SSSR count). The first kappa shape index (κ1) is 12.1. The summed E-state index contributed by atoms with van der Waals surface area (Å²) in [6, 6.07) is 11.1. The average Bonchev–Trinajstić information content (AvgIpc) is 2.96. The fraction of sp³-hybridized carbons (Fsp3) is 0.0625. The summed E-state index contributed by atoms with van der Waals surface area (Å²) >= 11 is 0. The zero-order valence-corrected chi connectivity index (χ0v) is 10.9. The number of aromatic amines is 1. The monoisotopic (exact) mass is 283 g/mol. The first-order valence-electron chi connectivity index (χ1n) is 6.47. The van der Waals surface area contributed by atoms with Crippen molar-refractivity contribution in [2.24, 2.45) is 0 Å². The van der Waals surface area contributed by atoms with Crippen LogP contribution in [0.1, 0.15) is 5.56 Å². The van der Waals surface area contributed by atoms with Gasteiger partial charge in [-0.2, -0.15) is 4.89 Å². The molecular weight excluding hydrogens is 273 g/mol. The van der Waals surface area contributed by atoms with Crippen LogP contribution in [0.4, 0.5) is 4.39 Å². The molecule has 0 atom stereocenters. The van der Waals surface area contributed by atoms with E-state index in [-0.39, 0.29) is 11.2 Å². The molecule has 2 aromatic carbocycles. The molecule has 0 aliphatic carbocycles. The van der Waals surface area contributed by atoms with Gasteiger partial charge in [-0.1, -0.05) is 6.07 Å². The third kappa shape index (κ3) is 1.90. The van der Waals surface area contributed by atoms with E-state index in [1.165, 1.54) is 18.2 Å². The van der Waals surface area contributed by atoms with E-state index in [9.17, 15) is 9.18 Å². The minimum atomic E-state index is -0.315. The molecule has 1 aromatic heterocycles. The number of hydrogen-bond acceptors (Lipinski definition) is 3. The molecule has 0 amide bonds. The average molecular weight is 283 g/mol. The Morgan fingerprint density at radius 3 is 2.71 bits per heavy atom. The lowest BCUT2D eigenvalue weighted by atomic mass is 10.1. The Bertz CT molecular complexity index is 900. The maximum absolute atomic E-state index is 13.0.